The number of benzene rings is 2. The lowest BCUT2D eigenvalue weighted by Crippen LogP contribution is -2.18. The number of hydrogen-bond donors (Lipinski definition) is 2. The van der Waals surface area contributed by atoms with Crippen LogP contribution < -0.4 is 11.1 Å². The number of ether oxygens (including phenoxy) is 2. The number of amides is 1. The van der Waals surface area contributed by atoms with E-state index in [1.807, 2.05) is 60.7 Å². The SMILES string of the molecule is CN.CNC(=O)OCc1ccccc1.O=C(Cl)OCc1ccccc1. The van der Waals surface area contributed by atoms with E-state index < -0.39 is 11.5 Å². The first kappa shape index (κ1) is 22.4. The van der Waals surface area contributed by atoms with Crippen LogP contribution in [0.15, 0.2) is 60.7 Å². The van der Waals surface area contributed by atoms with Gasteiger partial charge in [-0.2, -0.15) is 0 Å². The Morgan fingerprint density at radius 1 is 0.880 bits per heavy atom. The predicted octanol–water partition coefficient (Wildman–Crippen LogP) is 3.68. The molecule has 0 heterocycles. The average Bonchev–Trinajstić information content (AvgIpc) is 2.68. The quantitative estimate of drug-likeness (QED) is 0.805. The van der Waals surface area contributed by atoms with E-state index in [1.165, 1.54) is 14.1 Å². The predicted molar refractivity (Wildman–Crippen MR) is 98.3 cm³/mol. The summed E-state index contributed by atoms with van der Waals surface area (Å²) < 4.78 is 9.38. The lowest BCUT2D eigenvalue weighted by atomic mass is 10.2. The van der Waals surface area contributed by atoms with Gasteiger partial charge >= 0.3 is 11.5 Å². The van der Waals surface area contributed by atoms with Crippen LogP contribution in [0.5, 0.6) is 0 Å². The van der Waals surface area contributed by atoms with E-state index >= 15 is 0 Å². The van der Waals surface area contributed by atoms with Crippen LogP contribution >= 0.6 is 11.6 Å². The van der Waals surface area contributed by atoms with E-state index in [4.69, 9.17) is 16.3 Å². The Hall–Kier alpha value is -2.57. The van der Waals surface area contributed by atoms with Crippen LogP contribution in [0.2, 0.25) is 0 Å². The Morgan fingerprint density at radius 2 is 1.28 bits per heavy atom. The number of halogens is 1. The first-order valence-electron chi connectivity index (χ1n) is 7.44. The molecule has 0 unspecified atom stereocenters. The maximum atomic E-state index is 10.7. The molecule has 3 N–H and O–H groups in total. The van der Waals surface area contributed by atoms with Gasteiger partial charge in [-0.05, 0) is 18.2 Å². The molecule has 2 aromatic carbocycles. The van der Waals surface area contributed by atoms with Crippen molar-refractivity contribution < 1.29 is 19.1 Å². The second-order valence-corrected chi connectivity index (χ2v) is 4.63. The monoisotopic (exact) mass is 366 g/mol. The number of carbonyl (C=O) groups is 2. The molecular formula is C18H23ClN2O4. The van der Waals surface area contributed by atoms with E-state index in [9.17, 15) is 9.59 Å². The number of rotatable bonds is 4. The third-order valence-corrected chi connectivity index (χ3v) is 2.72. The molecule has 25 heavy (non-hydrogen) atoms. The zero-order chi connectivity index (χ0) is 18.9. The fourth-order valence-corrected chi connectivity index (χ4v) is 1.56. The summed E-state index contributed by atoms with van der Waals surface area (Å²) >= 11 is 4.97. The van der Waals surface area contributed by atoms with Gasteiger partial charge in [-0.1, -0.05) is 60.7 Å². The second-order valence-electron chi connectivity index (χ2n) is 4.32. The molecule has 0 saturated carbocycles. The standard InChI is InChI=1S/C9H11NO2.C8H7ClO2.CH5N/c1-10-9(11)12-7-8-5-3-2-4-6-8;9-8(10)11-6-7-4-2-1-3-5-7;1-2/h2-6H,7H2,1H3,(H,10,11);1-5H,6H2;2H2,1H3. The van der Waals surface area contributed by atoms with Crippen LogP contribution in [-0.2, 0) is 22.7 Å². The lowest BCUT2D eigenvalue weighted by molar-refractivity contribution is 0.142. The number of nitrogens with one attached hydrogen (secondary N) is 1. The Balaban J connectivity index is 0.000000421. The molecule has 7 heteroatoms. The van der Waals surface area contributed by atoms with Gasteiger partial charge in [0, 0.05) is 18.6 Å². The van der Waals surface area contributed by atoms with Crippen molar-refractivity contribution in [3.8, 4) is 0 Å². The van der Waals surface area contributed by atoms with Gasteiger partial charge in [0.05, 0.1) is 0 Å². The van der Waals surface area contributed by atoms with Gasteiger partial charge in [-0.25, -0.2) is 9.59 Å². The van der Waals surface area contributed by atoms with Crippen LogP contribution in [0.4, 0.5) is 9.59 Å². The maximum Gasteiger partial charge on any atom is 0.407 e. The van der Waals surface area contributed by atoms with Gasteiger partial charge in [-0.15, -0.1) is 0 Å². The Kier molecular flexibility index (Phi) is 13.4. The summed E-state index contributed by atoms with van der Waals surface area (Å²) in [6, 6.07) is 18.9. The van der Waals surface area contributed by atoms with E-state index in [-0.39, 0.29) is 6.61 Å². The van der Waals surface area contributed by atoms with E-state index in [0.717, 1.165) is 11.1 Å². The molecule has 0 aliphatic rings. The fourth-order valence-electron chi connectivity index (χ4n) is 1.51. The highest BCUT2D eigenvalue weighted by molar-refractivity contribution is 6.61. The van der Waals surface area contributed by atoms with Gasteiger partial charge < -0.3 is 20.5 Å². The van der Waals surface area contributed by atoms with Gasteiger partial charge in [0.25, 0.3) is 0 Å². The van der Waals surface area contributed by atoms with Crippen molar-refractivity contribution in [2.24, 2.45) is 5.73 Å². The minimum Gasteiger partial charge on any atom is -0.449 e. The molecule has 0 atom stereocenters. The van der Waals surface area contributed by atoms with Crippen molar-refractivity contribution in [1.29, 1.82) is 0 Å². The number of carbonyl (C=O) groups excluding carboxylic acids is 2. The van der Waals surface area contributed by atoms with Crippen molar-refractivity contribution in [3.63, 3.8) is 0 Å². The van der Waals surface area contributed by atoms with Gasteiger partial charge in [0.2, 0.25) is 0 Å². The zero-order valence-corrected chi connectivity index (χ0v) is 15.0. The smallest absolute Gasteiger partial charge is 0.407 e. The minimum absolute atomic E-state index is 0.239. The highest BCUT2D eigenvalue weighted by Gasteiger charge is 1.97. The Labute approximate surface area is 152 Å². The summed E-state index contributed by atoms with van der Waals surface area (Å²) in [5.74, 6) is 0. The molecule has 0 aliphatic carbocycles. The summed E-state index contributed by atoms with van der Waals surface area (Å²) in [6.45, 7) is 0.559. The van der Waals surface area contributed by atoms with E-state index in [2.05, 4.69) is 15.8 Å². The summed E-state index contributed by atoms with van der Waals surface area (Å²) in [7, 11) is 3.04. The van der Waals surface area contributed by atoms with Crippen molar-refractivity contribution >= 4 is 23.1 Å². The molecule has 0 spiro atoms. The highest BCUT2D eigenvalue weighted by Crippen LogP contribution is 2.01. The zero-order valence-electron chi connectivity index (χ0n) is 14.3. The van der Waals surface area contributed by atoms with Crippen LogP contribution in [0.3, 0.4) is 0 Å². The second kappa shape index (κ2) is 15.0. The summed E-state index contributed by atoms with van der Waals surface area (Å²) in [6.07, 6.45) is -0.404. The Bertz CT molecular complexity index is 595. The number of nitrogens with two attached hydrogens (primary N) is 1. The van der Waals surface area contributed by atoms with Crippen LogP contribution in [-0.4, -0.2) is 25.6 Å². The number of hydrogen-bond acceptors (Lipinski definition) is 5. The maximum absolute atomic E-state index is 10.7. The highest BCUT2D eigenvalue weighted by atomic mass is 35.5. The topological polar surface area (TPSA) is 90.6 Å². The normalized spacial score (nSPS) is 8.64. The first-order chi connectivity index (χ1) is 12.1. The summed E-state index contributed by atoms with van der Waals surface area (Å²) in [5, 5.41) is 2.37. The lowest BCUT2D eigenvalue weighted by Gasteiger charge is -2.02. The van der Waals surface area contributed by atoms with Gasteiger partial charge in [0.1, 0.15) is 13.2 Å². The minimum atomic E-state index is -0.770. The largest absolute Gasteiger partial charge is 0.449 e. The van der Waals surface area contributed by atoms with Gasteiger partial charge in [-0.3, -0.25) is 0 Å². The molecule has 1 amide bonds. The van der Waals surface area contributed by atoms with Crippen molar-refractivity contribution in [2.45, 2.75) is 13.2 Å². The molecule has 0 aliphatic heterocycles. The summed E-state index contributed by atoms with van der Waals surface area (Å²) in [4.78, 5) is 20.8. The van der Waals surface area contributed by atoms with E-state index in [0.29, 0.717) is 6.61 Å². The van der Waals surface area contributed by atoms with Crippen LogP contribution in [0.25, 0.3) is 0 Å². The molecule has 0 fully saturated rings. The number of alkyl carbamates (subject to hydrolysis) is 1. The molecular weight excluding hydrogens is 344 g/mol. The molecule has 2 aromatic rings. The molecule has 136 valence electrons. The third kappa shape index (κ3) is 12.5. The summed E-state index contributed by atoms with van der Waals surface area (Å²) in [5.41, 5.74) is 5.65. The van der Waals surface area contributed by atoms with Gasteiger partial charge in [0.15, 0.2) is 0 Å². The van der Waals surface area contributed by atoms with E-state index in [1.54, 1.807) is 0 Å². The molecule has 0 saturated heterocycles. The third-order valence-electron chi connectivity index (χ3n) is 2.61. The average molecular weight is 367 g/mol. The molecule has 2 rings (SSSR count). The molecule has 0 radical (unpaired) electrons. The van der Waals surface area contributed by atoms with Crippen LogP contribution in [0.1, 0.15) is 11.1 Å². The van der Waals surface area contributed by atoms with Crippen molar-refractivity contribution in [3.05, 3.63) is 71.8 Å². The van der Waals surface area contributed by atoms with Crippen LogP contribution in [0, 0.1) is 0 Å². The first-order valence-corrected chi connectivity index (χ1v) is 7.82. The van der Waals surface area contributed by atoms with Crippen molar-refractivity contribution in [2.75, 3.05) is 14.1 Å². The van der Waals surface area contributed by atoms with Crippen molar-refractivity contribution in [1.82, 2.24) is 5.32 Å². The Morgan fingerprint density at radius 3 is 1.64 bits per heavy atom. The molecule has 6 nitrogen and oxygen atoms in total. The molecule has 0 aromatic heterocycles. The molecule has 0 bridgehead atoms. The fraction of sp³-hybridized carbons (Fsp3) is 0.222.